The van der Waals surface area contributed by atoms with Crippen molar-refractivity contribution >= 4 is 23.3 Å². The van der Waals surface area contributed by atoms with Crippen LogP contribution in [0.25, 0.3) is 102 Å². The van der Waals surface area contributed by atoms with Crippen LogP contribution in [0, 0.1) is 6.92 Å². The number of nitrogens with zero attached hydrogens (tertiary/aromatic N) is 3. The number of amides is 3. The molecule has 19 nitrogen and oxygen atoms in total. The summed E-state index contributed by atoms with van der Waals surface area (Å²) in [7, 11) is 3.14. The number of methoxy groups -OCH3 is 2. The monoisotopic (exact) mass is 1620 g/mol. The van der Waals surface area contributed by atoms with Crippen LogP contribution < -0.4 is 30.2 Å². The third-order valence-electron chi connectivity index (χ3n) is 21.2. The predicted molar refractivity (Wildman–Crippen MR) is 489 cm³/mol. The van der Waals surface area contributed by atoms with E-state index in [1.165, 1.54) is 64.5 Å². The Kier molecular flexibility index (Phi) is 30.3. The first-order valence-corrected chi connectivity index (χ1v) is 41.9. The van der Waals surface area contributed by atoms with Gasteiger partial charge in [-0.05, 0) is 156 Å². The number of urea groups is 1. The number of hydrogen-bond donors (Lipinski definition) is 11. The molecule has 0 spiro atoms. The molecule has 0 aliphatic rings. The molecule has 0 saturated heterocycles. The zero-order valence-electron chi connectivity index (χ0n) is 73.3. The first-order valence-electron chi connectivity index (χ1n) is 41.9. The second-order valence-corrected chi connectivity index (χ2v) is 35.0. The maximum atomic E-state index is 12.5. The van der Waals surface area contributed by atoms with E-state index in [4.69, 9.17) is 29.2 Å². The number of aromatic nitrogens is 6. The lowest BCUT2D eigenvalue weighted by Gasteiger charge is -2.28. The largest absolute Gasteiger partial charge is 0.507 e. The first kappa shape index (κ1) is 90.4. The Bertz CT molecular complexity index is 5220. The summed E-state index contributed by atoms with van der Waals surface area (Å²) in [5, 5.41) is 60.8. The number of carbonyl (C=O) groups is 2. The molecule has 0 radical (unpaired) electrons. The lowest BCUT2D eigenvalue weighted by molar-refractivity contribution is -0.114. The highest BCUT2D eigenvalue weighted by Crippen LogP contribution is 2.47. The summed E-state index contributed by atoms with van der Waals surface area (Å²) in [5.41, 5.74) is 19.4. The molecule has 0 aliphatic heterocycles. The molecule has 0 atom stereocenters. The molecule has 12 rings (SSSR count). The van der Waals surface area contributed by atoms with Crippen LogP contribution in [0.4, 0.5) is 16.2 Å². The third kappa shape index (κ3) is 23.3. The number of aromatic amines is 3. The number of ether oxygens (including phenoxy) is 3. The van der Waals surface area contributed by atoms with E-state index in [-0.39, 0.29) is 58.3 Å². The summed E-state index contributed by atoms with van der Waals surface area (Å²) in [6.07, 6.45) is 11.7. The second-order valence-electron chi connectivity index (χ2n) is 35.0. The molecule has 11 N–H and O–H groups in total. The summed E-state index contributed by atoms with van der Waals surface area (Å²) in [4.78, 5) is 49.9. The highest BCUT2D eigenvalue weighted by molar-refractivity contribution is 5.92. The number of aromatic hydroxyl groups is 3. The third-order valence-corrected chi connectivity index (χ3v) is 21.2. The van der Waals surface area contributed by atoms with E-state index in [9.17, 15) is 35.1 Å². The minimum absolute atomic E-state index is 0.00148. The molecular formula is C101H123N9O10. The Labute approximate surface area is 709 Å². The van der Waals surface area contributed by atoms with Crippen molar-refractivity contribution in [3.8, 4) is 136 Å². The van der Waals surface area contributed by atoms with Crippen molar-refractivity contribution in [3.05, 3.63) is 221 Å². The van der Waals surface area contributed by atoms with E-state index in [1.54, 1.807) is 19.2 Å². The van der Waals surface area contributed by atoms with E-state index < -0.39 is 0 Å². The van der Waals surface area contributed by atoms with Crippen LogP contribution in [0.5, 0.6) is 34.5 Å². The highest BCUT2D eigenvalue weighted by atomic mass is 16.5. The van der Waals surface area contributed by atoms with E-state index in [0.29, 0.717) is 52.2 Å². The quantitative estimate of drug-likeness (QED) is 0.0204. The zero-order valence-corrected chi connectivity index (χ0v) is 73.3. The van der Waals surface area contributed by atoms with E-state index >= 15 is 0 Å². The molecule has 12 aromatic rings. The van der Waals surface area contributed by atoms with Gasteiger partial charge in [-0.2, -0.15) is 0 Å². The SMILES string of the molecule is CCCCCCCCNC(=O)Nc1ccc(-c2nc(-c3cc(C(C)(C)C)c(O)c(C(C)(C)C)c3)[nH]c2-c2ccc(NC(C)=O)cc2)cc1.CCCCCCOc1ccc(-c2nc(-c3cc(CO)c(O)c(OC)c3)[nH]c2-c2ccc(C)cc2)cc1.COc1ccc(-c2nc(-c3cc(C(C)(C)C)c(O)c(C(C)(C)C)c3)[nH]c2-c2ccc(CO)cc2)cc1. The average Bonchev–Trinajstić information content (AvgIpc) is 1.56. The van der Waals surface area contributed by atoms with Gasteiger partial charge in [-0.25, -0.2) is 19.7 Å². The Morgan fingerprint density at radius 3 is 1.16 bits per heavy atom. The van der Waals surface area contributed by atoms with E-state index in [2.05, 4.69) is 159 Å². The lowest BCUT2D eigenvalue weighted by atomic mass is 9.78. The van der Waals surface area contributed by atoms with Crippen molar-refractivity contribution in [2.45, 2.75) is 210 Å². The van der Waals surface area contributed by atoms with Gasteiger partial charge < -0.3 is 70.6 Å². The maximum absolute atomic E-state index is 12.5. The van der Waals surface area contributed by atoms with E-state index in [0.717, 1.165) is 150 Å². The number of imidazole rings is 3. The number of rotatable bonds is 28. The van der Waals surface area contributed by atoms with Crippen LogP contribution in [0.15, 0.2) is 182 Å². The van der Waals surface area contributed by atoms with Crippen molar-refractivity contribution in [1.29, 1.82) is 0 Å². The van der Waals surface area contributed by atoms with Gasteiger partial charge in [0.05, 0.1) is 68.2 Å². The van der Waals surface area contributed by atoms with E-state index in [1.807, 2.05) is 146 Å². The number of nitrogens with one attached hydrogen (secondary N) is 6. The van der Waals surface area contributed by atoms with Crippen molar-refractivity contribution in [2.24, 2.45) is 0 Å². The molecule has 9 aromatic carbocycles. The van der Waals surface area contributed by atoms with Crippen molar-refractivity contribution < 1.29 is 49.3 Å². The molecule has 0 saturated carbocycles. The van der Waals surface area contributed by atoms with Crippen LogP contribution in [0.1, 0.15) is 207 Å². The number of anilines is 2. The predicted octanol–water partition coefficient (Wildman–Crippen LogP) is 24.2. The number of carbonyl (C=O) groups excluding carboxylic acids is 2. The standard InChI is InChI=1S/C40H53N5O3.C31H36N2O3.C30H34N2O4/c1-9-10-11-12-13-14-23-41-38(48)43-31-21-17-28(18-22-31)35-34(27-15-19-30(20-16-27)42-26(2)46)44-37(45-35)29-24-32(39(3,4)5)36(47)33(25-29)40(6,7)8;1-30(2,3)24-16-22(17-25(28(24)35)31(4,5)6)29-32-26(20-10-8-19(18-34)9-11-20)27(33-29)21-12-14-23(36-7)15-13-21;1-4-5-6-7-16-36-25-14-12-22(13-15-25)28-27(21-10-8-20(2)9-11-21)31-30(32-28)23-17-24(19-33)29(34)26(18-23)35-3/h15-22,24-25,47H,9-14,23H2,1-8H3,(H,42,46)(H,44,45)(H2,41,43,48);8-17,34-35H,18H2,1-7H3,(H,32,33);8-15,17-18,33-34H,4-7,16,19H2,1-3H3,(H,31,32). The molecular weight excluding hydrogens is 1500 g/mol. The summed E-state index contributed by atoms with van der Waals surface area (Å²) < 4.78 is 16.6. The summed E-state index contributed by atoms with van der Waals surface area (Å²) >= 11 is 0. The zero-order chi connectivity index (χ0) is 86.8. The highest BCUT2D eigenvalue weighted by Gasteiger charge is 2.31. The number of unbranched alkanes of at least 4 members (excludes halogenated alkanes) is 8. The Morgan fingerprint density at radius 1 is 0.400 bits per heavy atom. The Morgan fingerprint density at radius 2 is 0.767 bits per heavy atom. The second kappa shape index (κ2) is 40.2. The fourth-order valence-electron chi connectivity index (χ4n) is 14.3. The van der Waals surface area contributed by atoms with Gasteiger partial charge in [0.15, 0.2) is 11.5 Å². The van der Waals surface area contributed by atoms with Gasteiger partial charge in [0.2, 0.25) is 5.91 Å². The molecule has 0 aliphatic carbocycles. The van der Waals surface area contributed by atoms with Crippen LogP contribution in [-0.4, -0.2) is 94.7 Å². The summed E-state index contributed by atoms with van der Waals surface area (Å²) in [6.45, 7) is 34.2. The normalized spacial score (nSPS) is 11.6. The van der Waals surface area contributed by atoms with Gasteiger partial charge in [-0.3, -0.25) is 4.79 Å². The molecule has 0 unspecified atom stereocenters. The van der Waals surface area contributed by atoms with Crippen molar-refractivity contribution in [1.82, 2.24) is 35.2 Å². The Balaban J connectivity index is 0.000000192. The van der Waals surface area contributed by atoms with Crippen molar-refractivity contribution in [2.75, 3.05) is 38.0 Å². The minimum Gasteiger partial charge on any atom is -0.507 e. The fraction of sp³-hybridized carbons (Fsp3) is 0.356. The van der Waals surface area contributed by atoms with Crippen molar-refractivity contribution in [3.63, 3.8) is 0 Å². The number of hydrogen-bond acceptors (Lipinski definition) is 13. The molecule has 632 valence electrons. The molecule has 0 bridgehead atoms. The summed E-state index contributed by atoms with van der Waals surface area (Å²) in [6, 6.07) is 58.6. The van der Waals surface area contributed by atoms with Gasteiger partial charge in [0.25, 0.3) is 0 Å². The maximum Gasteiger partial charge on any atom is 0.319 e. The number of aliphatic hydroxyl groups is 2. The average molecular weight is 1620 g/mol. The van der Waals surface area contributed by atoms with Gasteiger partial charge in [0, 0.05) is 103 Å². The molecule has 19 heteroatoms. The molecule has 3 amide bonds. The van der Waals surface area contributed by atoms with Crippen LogP contribution in [-0.2, 0) is 39.7 Å². The number of aryl methyl sites for hydroxylation is 1. The smallest absolute Gasteiger partial charge is 0.319 e. The van der Waals surface area contributed by atoms with Gasteiger partial charge in [0.1, 0.15) is 40.5 Å². The van der Waals surface area contributed by atoms with Crippen LogP contribution in [0.3, 0.4) is 0 Å². The topological polar surface area (TPSA) is 285 Å². The molecule has 3 heterocycles. The molecule has 120 heavy (non-hydrogen) atoms. The van der Waals surface area contributed by atoms with Crippen LogP contribution >= 0.6 is 0 Å². The lowest BCUT2D eigenvalue weighted by Crippen LogP contribution is -2.29. The number of phenolic OH excluding ortho intramolecular Hbond substituents is 2. The van der Waals surface area contributed by atoms with Gasteiger partial charge in [-0.1, -0.05) is 227 Å². The number of aliphatic hydroxyl groups excluding tert-OH is 2. The first-order chi connectivity index (χ1) is 57.1. The Hall–Kier alpha value is -11.9. The summed E-state index contributed by atoms with van der Waals surface area (Å²) in [5.74, 6) is 4.41. The molecule has 0 fully saturated rings. The van der Waals surface area contributed by atoms with Crippen LogP contribution in [0.2, 0.25) is 0 Å². The van der Waals surface area contributed by atoms with Gasteiger partial charge >= 0.3 is 6.03 Å². The molecule has 3 aromatic heterocycles. The number of benzene rings is 9. The minimum atomic E-state index is -0.311. The van der Waals surface area contributed by atoms with Gasteiger partial charge in [-0.15, -0.1) is 0 Å². The number of phenols is 3. The fourth-order valence-corrected chi connectivity index (χ4v) is 14.3. The number of H-pyrrole nitrogens is 3.